The fourth-order valence-corrected chi connectivity index (χ4v) is 3.64. The maximum Gasteiger partial charge on any atom is 0.251 e. The van der Waals surface area contributed by atoms with Gasteiger partial charge in [0.2, 0.25) is 0 Å². The number of nitrogens with zero attached hydrogens (tertiary/aromatic N) is 3. The molecule has 0 radical (unpaired) electrons. The number of hydrogen-bond acceptors (Lipinski definition) is 3. The minimum absolute atomic E-state index is 0.00350. The van der Waals surface area contributed by atoms with Gasteiger partial charge in [-0.3, -0.25) is 9.36 Å². The normalized spacial score (nSPS) is 15.4. The van der Waals surface area contributed by atoms with Crippen molar-refractivity contribution in [2.45, 2.75) is 45.1 Å². The van der Waals surface area contributed by atoms with E-state index < -0.39 is 0 Å². The van der Waals surface area contributed by atoms with Crippen molar-refractivity contribution in [1.29, 1.82) is 0 Å². The van der Waals surface area contributed by atoms with Crippen molar-refractivity contribution in [2.24, 2.45) is 0 Å². The molecule has 0 unspecified atom stereocenters. The number of imidazole rings is 1. The van der Waals surface area contributed by atoms with Crippen LogP contribution >= 0.6 is 0 Å². The van der Waals surface area contributed by atoms with E-state index in [0.717, 1.165) is 35.5 Å². The summed E-state index contributed by atoms with van der Waals surface area (Å²) in [5.41, 5.74) is 3.26. The third kappa shape index (κ3) is 3.14. The van der Waals surface area contributed by atoms with Crippen LogP contribution < -0.4 is 5.32 Å². The number of benzene rings is 1. The van der Waals surface area contributed by atoms with E-state index in [-0.39, 0.29) is 5.91 Å². The average Bonchev–Trinajstić information content (AvgIpc) is 2.98. The molecular formula is C20H22N4O. The van der Waals surface area contributed by atoms with Crippen molar-refractivity contribution in [3.8, 4) is 5.69 Å². The average molecular weight is 334 g/mol. The molecule has 0 bridgehead atoms. The fraction of sp³-hybridized carbons (Fsp3) is 0.350. The van der Waals surface area contributed by atoms with Crippen molar-refractivity contribution >= 4 is 17.1 Å². The van der Waals surface area contributed by atoms with Crippen LogP contribution in [0.3, 0.4) is 0 Å². The summed E-state index contributed by atoms with van der Waals surface area (Å²) in [6.45, 7) is 1.95. The third-order valence-corrected chi connectivity index (χ3v) is 4.89. The smallest absolute Gasteiger partial charge is 0.251 e. The molecule has 0 aliphatic heterocycles. The molecule has 128 valence electrons. The van der Waals surface area contributed by atoms with Gasteiger partial charge in [0.15, 0.2) is 5.65 Å². The first kappa shape index (κ1) is 15.8. The van der Waals surface area contributed by atoms with Gasteiger partial charge in [-0.15, -0.1) is 0 Å². The fourth-order valence-electron chi connectivity index (χ4n) is 3.64. The highest BCUT2D eigenvalue weighted by atomic mass is 16.1. The molecule has 1 N–H and O–H groups in total. The van der Waals surface area contributed by atoms with Gasteiger partial charge in [-0.1, -0.05) is 25.3 Å². The zero-order valence-electron chi connectivity index (χ0n) is 14.4. The van der Waals surface area contributed by atoms with Crippen LogP contribution in [0, 0.1) is 6.92 Å². The van der Waals surface area contributed by atoms with E-state index >= 15 is 0 Å². The van der Waals surface area contributed by atoms with E-state index in [2.05, 4.69) is 15.3 Å². The van der Waals surface area contributed by atoms with E-state index in [9.17, 15) is 4.79 Å². The molecule has 1 aliphatic rings. The standard InChI is InChI=1S/C20H22N4O/c1-14-22-18-11-6-12-21-19(18)24(14)17-10-5-7-15(13-17)20(25)23-16-8-3-2-4-9-16/h5-7,10-13,16H,2-4,8-9H2,1H3,(H,23,25). The lowest BCUT2D eigenvalue weighted by Gasteiger charge is -2.22. The van der Waals surface area contributed by atoms with E-state index in [1.54, 1.807) is 6.20 Å². The molecule has 1 saturated carbocycles. The Balaban J connectivity index is 1.64. The highest BCUT2D eigenvalue weighted by Gasteiger charge is 2.17. The lowest BCUT2D eigenvalue weighted by molar-refractivity contribution is 0.0927. The topological polar surface area (TPSA) is 59.8 Å². The molecule has 25 heavy (non-hydrogen) atoms. The van der Waals surface area contributed by atoms with Gasteiger partial charge in [-0.2, -0.15) is 0 Å². The summed E-state index contributed by atoms with van der Waals surface area (Å²) in [5.74, 6) is 0.863. The van der Waals surface area contributed by atoms with Crippen molar-refractivity contribution < 1.29 is 4.79 Å². The second kappa shape index (κ2) is 6.67. The van der Waals surface area contributed by atoms with Crippen molar-refractivity contribution in [2.75, 3.05) is 0 Å². The Bertz CT molecular complexity index is 909. The van der Waals surface area contributed by atoms with Crippen LogP contribution in [0.15, 0.2) is 42.6 Å². The Labute approximate surface area is 147 Å². The van der Waals surface area contributed by atoms with Crippen LogP contribution in [-0.2, 0) is 0 Å². The number of pyridine rings is 1. The second-order valence-electron chi connectivity index (χ2n) is 6.70. The highest BCUT2D eigenvalue weighted by Crippen LogP contribution is 2.21. The van der Waals surface area contributed by atoms with Gasteiger partial charge < -0.3 is 5.32 Å². The zero-order chi connectivity index (χ0) is 17.2. The number of rotatable bonds is 3. The van der Waals surface area contributed by atoms with E-state index in [4.69, 9.17) is 0 Å². The largest absolute Gasteiger partial charge is 0.349 e. The first-order valence-electron chi connectivity index (χ1n) is 8.94. The summed E-state index contributed by atoms with van der Waals surface area (Å²) in [6, 6.07) is 11.8. The summed E-state index contributed by atoms with van der Waals surface area (Å²) in [6.07, 6.45) is 7.62. The molecular weight excluding hydrogens is 312 g/mol. The van der Waals surface area contributed by atoms with Crippen molar-refractivity contribution in [1.82, 2.24) is 19.9 Å². The molecule has 5 nitrogen and oxygen atoms in total. The number of hydrogen-bond donors (Lipinski definition) is 1. The molecule has 1 aromatic carbocycles. The number of amides is 1. The summed E-state index contributed by atoms with van der Waals surface area (Å²) < 4.78 is 1.99. The SMILES string of the molecule is Cc1nc2cccnc2n1-c1cccc(C(=O)NC2CCCCC2)c1. The number of aryl methyl sites for hydroxylation is 1. The van der Waals surface area contributed by atoms with Crippen LogP contribution in [0.1, 0.15) is 48.3 Å². The lowest BCUT2D eigenvalue weighted by atomic mass is 9.95. The molecule has 0 saturated heterocycles. The monoisotopic (exact) mass is 334 g/mol. The van der Waals surface area contributed by atoms with Crippen molar-refractivity contribution in [3.63, 3.8) is 0 Å². The highest BCUT2D eigenvalue weighted by molar-refractivity contribution is 5.95. The van der Waals surface area contributed by atoms with Gasteiger partial charge in [0, 0.05) is 23.5 Å². The molecule has 0 atom stereocenters. The Hall–Kier alpha value is -2.69. The molecule has 3 aromatic rings. The van der Waals surface area contributed by atoms with E-state index in [1.807, 2.05) is 47.9 Å². The Morgan fingerprint density at radius 3 is 2.84 bits per heavy atom. The number of carbonyl (C=O) groups excluding carboxylic acids is 1. The number of carbonyl (C=O) groups is 1. The van der Waals surface area contributed by atoms with Crippen LogP contribution in [-0.4, -0.2) is 26.5 Å². The number of nitrogens with one attached hydrogen (secondary N) is 1. The predicted octanol–water partition coefficient (Wildman–Crippen LogP) is 3.79. The van der Waals surface area contributed by atoms with Crippen LogP contribution in [0.4, 0.5) is 0 Å². The zero-order valence-corrected chi connectivity index (χ0v) is 14.4. The van der Waals surface area contributed by atoms with Gasteiger partial charge in [0.05, 0.1) is 0 Å². The summed E-state index contributed by atoms with van der Waals surface area (Å²) in [4.78, 5) is 21.6. The van der Waals surface area contributed by atoms with E-state index in [0.29, 0.717) is 11.6 Å². The van der Waals surface area contributed by atoms with Gasteiger partial charge in [-0.25, -0.2) is 9.97 Å². The van der Waals surface area contributed by atoms with Gasteiger partial charge >= 0.3 is 0 Å². The van der Waals surface area contributed by atoms with Gasteiger partial charge in [0.1, 0.15) is 11.3 Å². The Morgan fingerprint density at radius 2 is 2.00 bits per heavy atom. The first-order chi connectivity index (χ1) is 12.2. The summed E-state index contributed by atoms with van der Waals surface area (Å²) in [5, 5.41) is 3.18. The predicted molar refractivity (Wildman–Crippen MR) is 97.9 cm³/mol. The van der Waals surface area contributed by atoms with Crippen LogP contribution in [0.25, 0.3) is 16.9 Å². The molecule has 4 rings (SSSR count). The quantitative estimate of drug-likeness (QED) is 0.793. The Morgan fingerprint density at radius 1 is 1.16 bits per heavy atom. The molecule has 1 amide bonds. The number of aromatic nitrogens is 3. The molecule has 5 heteroatoms. The summed E-state index contributed by atoms with van der Waals surface area (Å²) in [7, 11) is 0. The molecule has 1 fully saturated rings. The second-order valence-corrected chi connectivity index (χ2v) is 6.70. The van der Waals surface area contributed by atoms with E-state index in [1.165, 1.54) is 19.3 Å². The van der Waals surface area contributed by atoms with Crippen LogP contribution in [0.5, 0.6) is 0 Å². The maximum absolute atomic E-state index is 12.6. The van der Waals surface area contributed by atoms with Crippen LogP contribution in [0.2, 0.25) is 0 Å². The molecule has 2 aromatic heterocycles. The molecule has 1 aliphatic carbocycles. The van der Waals surface area contributed by atoms with Gasteiger partial charge in [-0.05, 0) is 50.1 Å². The molecule has 0 spiro atoms. The minimum Gasteiger partial charge on any atom is -0.349 e. The third-order valence-electron chi connectivity index (χ3n) is 4.89. The first-order valence-corrected chi connectivity index (χ1v) is 8.94. The van der Waals surface area contributed by atoms with Crippen molar-refractivity contribution in [3.05, 3.63) is 54.0 Å². The minimum atomic E-state index is 0.00350. The van der Waals surface area contributed by atoms with Gasteiger partial charge in [0.25, 0.3) is 5.91 Å². The number of fused-ring (bicyclic) bond motifs is 1. The summed E-state index contributed by atoms with van der Waals surface area (Å²) >= 11 is 0. The Kier molecular flexibility index (Phi) is 4.22. The maximum atomic E-state index is 12.6. The molecule has 2 heterocycles. The lowest BCUT2D eigenvalue weighted by Crippen LogP contribution is -2.36.